The summed E-state index contributed by atoms with van der Waals surface area (Å²) in [5, 5.41) is 45.8. The average molecular weight is 186 g/mol. The highest BCUT2D eigenvalue weighted by molar-refractivity contribution is 5.74. The maximum atomic E-state index is 10.9. The van der Waals surface area contributed by atoms with Crippen LogP contribution in [0.25, 0.3) is 0 Å². The van der Waals surface area contributed by atoms with Gasteiger partial charge in [-0.3, -0.25) is 15.6 Å². The minimum atomic E-state index is -0.794. The van der Waals surface area contributed by atoms with E-state index in [1.807, 2.05) is 0 Å². The zero-order chi connectivity index (χ0) is 10.0. The monoisotopic (exact) mass is 186 g/mol. The van der Waals surface area contributed by atoms with E-state index in [-0.39, 0.29) is 0 Å². The van der Waals surface area contributed by atoms with Crippen molar-refractivity contribution in [3.63, 3.8) is 0 Å². The van der Waals surface area contributed by atoms with Gasteiger partial charge in [-0.25, -0.2) is 0 Å². The smallest absolute Gasteiger partial charge is 0.111 e. The number of para-hydroxylation sites is 1. The molecule has 0 unspecified atom stereocenters. The van der Waals surface area contributed by atoms with E-state index in [1.165, 1.54) is 6.07 Å². The van der Waals surface area contributed by atoms with E-state index >= 15 is 0 Å². The minimum absolute atomic E-state index is 0.515. The van der Waals surface area contributed by atoms with Crippen molar-refractivity contribution >= 4 is 11.4 Å². The van der Waals surface area contributed by atoms with Crippen LogP contribution in [0, 0.1) is 5.21 Å². The fourth-order valence-corrected chi connectivity index (χ4v) is 0.866. The highest BCUT2D eigenvalue weighted by Gasteiger charge is 2.07. The van der Waals surface area contributed by atoms with Gasteiger partial charge in [0.1, 0.15) is 5.69 Å². The Kier molecular flexibility index (Phi) is 2.54. The van der Waals surface area contributed by atoms with Crippen LogP contribution in [0.4, 0.5) is 11.4 Å². The van der Waals surface area contributed by atoms with Crippen LogP contribution in [0.3, 0.4) is 0 Å². The summed E-state index contributed by atoms with van der Waals surface area (Å²) in [6.45, 7) is 0. The molecule has 3 N–H and O–H groups in total. The van der Waals surface area contributed by atoms with Gasteiger partial charge in [0.25, 0.3) is 0 Å². The van der Waals surface area contributed by atoms with Crippen LogP contribution in [0.15, 0.2) is 18.2 Å². The van der Waals surface area contributed by atoms with Crippen LogP contribution in [0.5, 0.6) is 5.75 Å². The molecule has 0 aliphatic rings. The van der Waals surface area contributed by atoms with Crippen molar-refractivity contribution in [1.29, 1.82) is 0 Å². The Morgan fingerprint density at radius 3 is 2.15 bits per heavy atom. The number of hydrogen-bond acceptors (Lipinski definition) is 7. The molecule has 0 fully saturated rings. The van der Waals surface area contributed by atoms with Crippen molar-refractivity contribution < 1.29 is 20.7 Å². The third-order valence-corrected chi connectivity index (χ3v) is 1.38. The fraction of sp³-hybridized carbons (Fsp3) is 0. The van der Waals surface area contributed by atoms with Gasteiger partial charge in [-0.1, -0.05) is 17.9 Å². The lowest BCUT2D eigenvalue weighted by Crippen LogP contribution is -2.18. The fourth-order valence-electron chi connectivity index (χ4n) is 0.866. The molecule has 0 aliphatic heterocycles. The Morgan fingerprint density at radius 2 is 1.77 bits per heavy atom. The molecule has 0 amide bonds. The van der Waals surface area contributed by atoms with Gasteiger partial charge in [0, 0.05) is 0 Å². The number of nitrogens with zero attached hydrogens (tertiary/aromatic N) is 2. The van der Waals surface area contributed by atoms with Crippen molar-refractivity contribution in [2.45, 2.75) is 0 Å². The van der Waals surface area contributed by atoms with Gasteiger partial charge >= 0.3 is 0 Å². The van der Waals surface area contributed by atoms with E-state index in [9.17, 15) is 10.3 Å². The average Bonchev–Trinajstić information content (AvgIpc) is 2.02. The lowest BCUT2D eigenvalue weighted by molar-refractivity contribution is -0.268. The molecule has 1 aromatic carbocycles. The largest absolute Gasteiger partial charge is 0.871 e. The van der Waals surface area contributed by atoms with E-state index < -0.39 is 27.6 Å². The number of benzene rings is 1. The molecule has 13 heavy (non-hydrogen) atoms. The van der Waals surface area contributed by atoms with E-state index in [0.717, 1.165) is 12.1 Å². The summed E-state index contributed by atoms with van der Waals surface area (Å²) in [5.74, 6) is -0.794. The molecule has 0 aromatic heterocycles. The molecule has 1 aromatic rings. The molecule has 72 valence electrons. The van der Waals surface area contributed by atoms with Gasteiger partial charge in [-0.15, -0.1) is 5.23 Å². The van der Waals surface area contributed by atoms with Crippen LogP contribution in [0.2, 0.25) is 0 Å². The number of anilines is 2. The second kappa shape index (κ2) is 3.46. The zero-order valence-electron chi connectivity index (χ0n) is 6.28. The van der Waals surface area contributed by atoms with Gasteiger partial charge in [-0.05, 0) is 6.07 Å². The Bertz CT molecular complexity index is 301. The first-order chi connectivity index (χ1) is 6.04. The zero-order valence-corrected chi connectivity index (χ0v) is 6.28. The lowest BCUT2D eigenvalue weighted by atomic mass is 10.2. The van der Waals surface area contributed by atoms with E-state index in [2.05, 4.69) is 0 Å². The highest BCUT2D eigenvalue weighted by Crippen LogP contribution is 2.33. The van der Waals surface area contributed by atoms with Crippen LogP contribution >= 0.6 is 0 Å². The van der Waals surface area contributed by atoms with Crippen LogP contribution in [0.1, 0.15) is 0 Å². The summed E-state index contributed by atoms with van der Waals surface area (Å²) in [5.41, 5.74) is -1.25. The first-order valence-electron chi connectivity index (χ1n) is 3.18. The summed E-state index contributed by atoms with van der Waals surface area (Å²) >= 11 is 0. The summed E-state index contributed by atoms with van der Waals surface area (Å²) in [6.07, 6.45) is 0. The van der Waals surface area contributed by atoms with Crippen molar-refractivity contribution in [2.75, 3.05) is 10.5 Å². The van der Waals surface area contributed by atoms with Gasteiger partial charge in [0.15, 0.2) is 0 Å². The molecule has 0 heterocycles. The van der Waals surface area contributed by atoms with Crippen molar-refractivity contribution in [3.05, 3.63) is 23.4 Å². The molecule has 7 nitrogen and oxygen atoms in total. The topological polar surface area (TPSA) is 113 Å². The summed E-state index contributed by atoms with van der Waals surface area (Å²) in [6, 6.07) is 3.27. The van der Waals surface area contributed by atoms with Crippen molar-refractivity contribution in [2.24, 2.45) is 0 Å². The van der Waals surface area contributed by atoms with E-state index in [0.29, 0.717) is 0 Å². The van der Waals surface area contributed by atoms with Crippen LogP contribution in [-0.4, -0.2) is 15.6 Å². The SMILES string of the molecule is [O-]c1cccc(N([O-])O)c1N(O)O. The quantitative estimate of drug-likeness (QED) is 0.558. The Balaban J connectivity index is 3.26. The molecule has 0 aliphatic carbocycles. The summed E-state index contributed by atoms with van der Waals surface area (Å²) < 4.78 is 0. The Morgan fingerprint density at radius 1 is 1.15 bits per heavy atom. The standard InChI is InChI=1S/C6H7N2O5/c9-5-3-1-2-4(7(10)11)6(5)8(12)13/h1-3,9-10,12-13H/q-1/p-1. The molecular formula is C6H6N2O5-2. The normalized spacial score (nSPS) is 9.85. The summed E-state index contributed by atoms with van der Waals surface area (Å²) in [4.78, 5) is 0. The predicted molar refractivity (Wildman–Crippen MR) is 39.6 cm³/mol. The molecule has 0 radical (unpaired) electrons. The molecular weight excluding hydrogens is 180 g/mol. The van der Waals surface area contributed by atoms with E-state index in [4.69, 9.17) is 15.6 Å². The third kappa shape index (κ3) is 1.79. The third-order valence-electron chi connectivity index (χ3n) is 1.38. The number of hydrogen-bond donors (Lipinski definition) is 3. The minimum Gasteiger partial charge on any atom is -0.871 e. The molecule has 0 spiro atoms. The molecule has 7 heteroatoms. The second-order valence-electron chi connectivity index (χ2n) is 2.19. The predicted octanol–water partition coefficient (Wildman–Crippen LogP) is 0.0384. The van der Waals surface area contributed by atoms with Crippen molar-refractivity contribution in [1.82, 2.24) is 0 Å². The second-order valence-corrected chi connectivity index (χ2v) is 2.19. The molecule has 0 atom stereocenters. The molecule has 0 bridgehead atoms. The Hall–Kier alpha value is -1.54. The maximum Gasteiger partial charge on any atom is 0.111 e. The van der Waals surface area contributed by atoms with Gasteiger partial charge in [-0.2, -0.15) is 0 Å². The molecule has 0 saturated heterocycles. The van der Waals surface area contributed by atoms with Crippen LogP contribution < -0.4 is 15.6 Å². The van der Waals surface area contributed by atoms with Gasteiger partial charge in [0.2, 0.25) is 0 Å². The van der Waals surface area contributed by atoms with E-state index in [1.54, 1.807) is 0 Å². The Labute approximate surface area is 72.7 Å². The first kappa shape index (κ1) is 9.55. The lowest BCUT2D eigenvalue weighted by Gasteiger charge is -2.28. The molecule has 0 saturated carbocycles. The van der Waals surface area contributed by atoms with Crippen molar-refractivity contribution in [3.8, 4) is 5.75 Å². The van der Waals surface area contributed by atoms with Gasteiger partial charge in [0.05, 0.1) is 5.69 Å². The first-order valence-corrected chi connectivity index (χ1v) is 3.18. The highest BCUT2D eigenvalue weighted by atomic mass is 16.8. The van der Waals surface area contributed by atoms with Gasteiger partial charge < -0.3 is 15.5 Å². The number of rotatable bonds is 2. The van der Waals surface area contributed by atoms with Crippen LogP contribution in [-0.2, 0) is 0 Å². The summed E-state index contributed by atoms with van der Waals surface area (Å²) in [7, 11) is 0. The molecule has 1 rings (SSSR count). The maximum absolute atomic E-state index is 10.9.